The molecule has 2 aliphatic rings. The third-order valence-corrected chi connectivity index (χ3v) is 8.40. The van der Waals surface area contributed by atoms with Crippen LogP contribution in [0.3, 0.4) is 0 Å². The van der Waals surface area contributed by atoms with E-state index >= 15 is 0 Å². The minimum atomic E-state index is -1.07. The van der Waals surface area contributed by atoms with E-state index in [1.54, 1.807) is 53.0 Å². The molecule has 1 saturated heterocycles. The van der Waals surface area contributed by atoms with Gasteiger partial charge in [-0.2, -0.15) is 5.10 Å². The highest BCUT2D eigenvalue weighted by atomic mass is 35.5. The Morgan fingerprint density at radius 2 is 1.98 bits per heavy atom. The molecule has 43 heavy (non-hydrogen) atoms. The Morgan fingerprint density at radius 3 is 2.74 bits per heavy atom. The van der Waals surface area contributed by atoms with Gasteiger partial charge in [0.2, 0.25) is 5.91 Å². The van der Waals surface area contributed by atoms with Crippen molar-refractivity contribution in [1.82, 2.24) is 14.7 Å². The van der Waals surface area contributed by atoms with Gasteiger partial charge in [-0.25, -0.2) is 9.59 Å². The van der Waals surface area contributed by atoms with E-state index in [4.69, 9.17) is 16.3 Å². The number of fused-ring (bicyclic) bond motifs is 3. The number of aryl methyl sites for hydroxylation is 1. The Kier molecular flexibility index (Phi) is 7.35. The number of rotatable bonds is 6. The van der Waals surface area contributed by atoms with E-state index in [0.717, 1.165) is 21.4 Å². The number of amides is 3. The molecule has 12 heteroatoms. The number of likely N-dealkylation sites (tertiary alicyclic amines) is 1. The predicted octanol–water partition coefficient (Wildman–Crippen LogP) is 5.44. The maximum atomic E-state index is 14.3. The van der Waals surface area contributed by atoms with E-state index < -0.39 is 23.8 Å². The molecule has 2 aliphatic heterocycles. The molecule has 6 rings (SSSR count). The number of hydrogen-bond donors (Lipinski definition) is 3. The maximum absolute atomic E-state index is 14.3. The Hall–Kier alpha value is -4.77. The highest BCUT2D eigenvalue weighted by Crippen LogP contribution is 2.43. The molecule has 3 amide bonds. The number of aromatic nitrogens is 2. The summed E-state index contributed by atoms with van der Waals surface area (Å²) in [5, 5.41) is 21.5. The average molecular weight is 603 g/mol. The summed E-state index contributed by atoms with van der Waals surface area (Å²) in [6.07, 6.45) is -0.0417. The van der Waals surface area contributed by atoms with Crippen LogP contribution in [0.15, 0.2) is 66.7 Å². The number of piperidine rings is 1. The second kappa shape index (κ2) is 11.1. The Bertz CT molecular complexity index is 1730. The summed E-state index contributed by atoms with van der Waals surface area (Å²) >= 11 is 6.34. The molecule has 222 valence electrons. The number of nitrogens with one attached hydrogen (secondary N) is 2. The van der Waals surface area contributed by atoms with Crippen molar-refractivity contribution in [2.24, 2.45) is 7.05 Å². The Labute approximate surface area is 253 Å². The molecule has 3 N–H and O–H groups in total. The number of benzene rings is 3. The minimum absolute atomic E-state index is 0.151. The van der Waals surface area contributed by atoms with Gasteiger partial charge in [-0.15, -0.1) is 0 Å². The number of anilines is 3. The van der Waals surface area contributed by atoms with E-state index in [0.29, 0.717) is 53.5 Å². The van der Waals surface area contributed by atoms with Gasteiger partial charge in [0.05, 0.1) is 17.7 Å². The fraction of sp³-hybridized carbons (Fsp3) is 0.290. The SMILES string of the molecule is CN(C(=O)O)c1ccc2c(N[C@@H](Cc3ccccc3)C(=O)N3CCC[C@@]4(C3)OC(=O)Nc3ccc(Cl)cc34)nn(C)c2c1. The monoisotopic (exact) mass is 602 g/mol. The van der Waals surface area contributed by atoms with Crippen LogP contribution >= 0.6 is 11.6 Å². The number of carbonyl (C=O) groups is 3. The summed E-state index contributed by atoms with van der Waals surface area (Å²) in [6, 6.07) is 19.6. The predicted molar refractivity (Wildman–Crippen MR) is 164 cm³/mol. The molecule has 0 radical (unpaired) electrons. The van der Waals surface area contributed by atoms with Crippen molar-refractivity contribution < 1.29 is 24.2 Å². The van der Waals surface area contributed by atoms with Crippen LogP contribution in [0.25, 0.3) is 10.9 Å². The molecule has 2 atom stereocenters. The van der Waals surface area contributed by atoms with Crippen LogP contribution in [-0.2, 0) is 28.6 Å². The molecular weight excluding hydrogens is 572 g/mol. The van der Waals surface area contributed by atoms with Gasteiger partial charge in [0.15, 0.2) is 11.4 Å². The fourth-order valence-electron chi connectivity index (χ4n) is 5.99. The number of nitrogens with zero attached hydrogens (tertiary/aromatic N) is 4. The van der Waals surface area contributed by atoms with Crippen LogP contribution < -0.4 is 15.5 Å². The lowest BCUT2D eigenvalue weighted by Gasteiger charge is -2.45. The molecule has 3 heterocycles. The molecule has 1 fully saturated rings. The maximum Gasteiger partial charge on any atom is 0.412 e. The third kappa shape index (κ3) is 5.43. The zero-order valence-electron chi connectivity index (χ0n) is 23.7. The quantitative estimate of drug-likeness (QED) is 0.268. The zero-order chi connectivity index (χ0) is 30.3. The smallest absolute Gasteiger partial charge is 0.412 e. The molecule has 0 bridgehead atoms. The van der Waals surface area contributed by atoms with Gasteiger partial charge in [0.1, 0.15) is 6.04 Å². The van der Waals surface area contributed by atoms with Gasteiger partial charge >= 0.3 is 12.2 Å². The summed E-state index contributed by atoms with van der Waals surface area (Å²) in [4.78, 5) is 41.3. The minimum Gasteiger partial charge on any atom is -0.465 e. The van der Waals surface area contributed by atoms with Crippen molar-refractivity contribution in [3.05, 3.63) is 82.9 Å². The highest BCUT2D eigenvalue weighted by Gasteiger charge is 2.47. The van der Waals surface area contributed by atoms with Crippen molar-refractivity contribution in [1.29, 1.82) is 0 Å². The number of carbonyl (C=O) groups excluding carboxylic acids is 2. The first-order valence-electron chi connectivity index (χ1n) is 14.0. The van der Waals surface area contributed by atoms with Gasteiger partial charge in [-0.05, 0) is 54.8 Å². The van der Waals surface area contributed by atoms with Crippen LogP contribution in [0.4, 0.5) is 26.8 Å². The first-order chi connectivity index (χ1) is 20.6. The summed E-state index contributed by atoms with van der Waals surface area (Å²) < 4.78 is 7.58. The molecule has 0 aliphatic carbocycles. The fourth-order valence-corrected chi connectivity index (χ4v) is 6.16. The van der Waals surface area contributed by atoms with E-state index in [1.165, 1.54) is 7.05 Å². The first kappa shape index (κ1) is 28.4. The average Bonchev–Trinajstić information content (AvgIpc) is 3.31. The lowest BCUT2D eigenvalue weighted by molar-refractivity contribution is -0.139. The first-order valence-corrected chi connectivity index (χ1v) is 14.3. The van der Waals surface area contributed by atoms with Crippen molar-refractivity contribution in [2.75, 3.05) is 35.7 Å². The van der Waals surface area contributed by atoms with Crippen LogP contribution in [0, 0.1) is 0 Å². The number of carboxylic acid groups (broad SMARTS) is 1. The van der Waals surface area contributed by atoms with Crippen molar-refractivity contribution in [3.63, 3.8) is 0 Å². The summed E-state index contributed by atoms with van der Waals surface area (Å²) in [6.45, 7) is 0.690. The molecule has 4 aromatic rings. The zero-order valence-corrected chi connectivity index (χ0v) is 24.5. The Balaban J connectivity index is 1.33. The highest BCUT2D eigenvalue weighted by molar-refractivity contribution is 6.30. The van der Waals surface area contributed by atoms with Gasteiger partial charge in [0.25, 0.3) is 0 Å². The van der Waals surface area contributed by atoms with Gasteiger partial charge in [-0.1, -0.05) is 41.9 Å². The molecule has 1 spiro atoms. The summed E-state index contributed by atoms with van der Waals surface area (Å²) in [5.74, 6) is 0.357. The number of halogens is 1. The largest absolute Gasteiger partial charge is 0.465 e. The molecule has 3 aromatic carbocycles. The van der Waals surface area contributed by atoms with E-state index in [-0.39, 0.29) is 12.5 Å². The van der Waals surface area contributed by atoms with E-state index in [9.17, 15) is 19.5 Å². The number of hydrogen-bond acceptors (Lipinski definition) is 6. The van der Waals surface area contributed by atoms with Crippen LogP contribution in [0.2, 0.25) is 5.02 Å². The van der Waals surface area contributed by atoms with Gasteiger partial charge in [0, 0.05) is 48.7 Å². The lowest BCUT2D eigenvalue weighted by atomic mass is 9.83. The van der Waals surface area contributed by atoms with Crippen LogP contribution in [0.1, 0.15) is 24.0 Å². The summed E-state index contributed by atoms with van der Waals surface area (Å²) in [7, 11) is 3.25. The van der Waals surface area contributed by atoms with Crippen molar-refractivity contribution >= 4 is 57.8 Å². The normalized spacial score (nSPS) is 18.5. The second-order valence-electron chi connectivity index (χ2n) is 11.0. The summed E-state index contributed by atoms with van der Waals surface area (Å²) in [5.41, 5.74) is 2.55. The standard InChI is InChI=1S/C31H31ClN6O5/c1-36(30(41)42)21-10-11-22-26(17-21)37(2)35-27(22)33-25(15-19-7-4-3-5-8-19)28(39)38-14-6-13-31(18-38)23-16-20(32)9-12-24(23)34-29(40)43-31/h3-5,7-12,16-17,25H,6,13-15,18H2,1-2H3,(H,33,35)(H,34,40)(H,41,42)/t25-,31-/m0/s1. The molecular formula is C31H31ClN6O5. The van der Waals surface area contributed by atoms with Gasteiger partial charge < -0.3 is 20.1 Å². The van der Waals surface area contributed by atoms with E-state index in [1.807, 2.05) is 30.3 Å². The van der Waals surface area contributed by atoms with Crippen molar-refractivity contribution in [2.45, 2.75) is 30.9 Å². The molecule has 1 aromatic heterocycles. The second-order valence-corrected chi connectivity index (χ2v) is 11.4. The van der Waals surface area contributed by atoms with Crippen molar-refractivity contribution in [3.8, 4) is 0 Å². The van der Waals surface area contributed by atoms with Gasteiger partial charge in [-0.3, -0.25) is 19.7 Å². The number of ether oxygens (including phenoxy) is 1. The van der Waals surface area contributed by atoms with Crippen LogP contribution in [-0.4, -0.2) is 64.1 Å². The van der Waals surface area contributed by atoms with Crippen LogP contribution in [0.5, 0.6) is 0 Å². The molecule has 11 nitrogen and oxygen atoms in total. The molecule has 0 saturated carbocycles. The lowest BCUT2D eigenvalue weighted by Crippen LogP contribution is -2.56. The third-order valence-electron chi connectivity index (χ3n) is 8.16. The molecule has 0 unspecified atom stereocenters. The van der Waals surface area contributed by atoms with E-state index in [2.05, 4.69) is 15.7 Å². The topological polar surface area (TPSA) is 129 Å². The Morgan fingerprint density at radius 1 is 1.19 bits per heavy atom.